The number of hydrogen-bond donors (Lipinski definition) is 2. The molecule has 15 heteroatoms. The Morgan fingerprint density at radius 3 is 2.45 bits per heavy atom. The molecule has 0 unspecified atom stereocenters. The lowest BCUT2D eigenvalue weighted by Crippen LogP contribution is -2.25. The minimum atomic E-state index is -4.62. The van der Waals surface area contributed by atoms with Gasteiger partial charge in [0, 0.05) is 22.9 Å². The lowest BCUT2D eigenvalue weighted by atomic mass is 10.1. The third-order valence-electron chi connectivity index (χ3n) is 5.99. The Balaban J connectivity index is 1.58. The monoisotopic (exact) mass is 600 g/mol. The second kappa shape index (κ2) is 12.7. The molecule has 0 saturated heterocycles. The molecule has 1 aromatic heterocycles. The van der Waals surface area contributed by atoms with Crippen LogP contribution < -0.4 is 15.4 Å². The number of ether oxygens (including phenoxy) is 1. The fraction of sp³-hybridized carbons (Fsp3) is 0.185. The summed E-state index contributed by atoms with van der Waals surface area (Å²) in [6.45, 7) is 1.16. The summed E-state index contributed by atoms with van der Waals surface area (Å²) in [6.07, 6.45) is -4.62. The van der Waals surface area contributed by atoms with E-state index in [4.69, 9.17) is 4.74 Å². The molecule has 2 N–H and O–H groups in total. The van der Waals surface area contributed by atoms with Gasteiger partial charge in [0.2, 0.25) is 5.91 Å². The van der Waals surface area contributed by atoms with Gasteiger partial charge in [0.15, 0.2) is 11.0 Å². The Morgan fingerprint density at radius 1 is 1.07 bits per heavy atom. The lowest BCUT2D eigenvalue weighted by Gasteiger charge is -2.14. The average molecular weight is 601 g/mol. The van der Waals surface area contributed by atoms with E-state index >= 15 is 0 Å². The molecular weight excluding hydrogens is 577 g/mol. The molecule has 0 atom stereocenters. The maximum Gasteiger partial charge on any atom is 0.416 e. The van der Waals surface area contributed by atoms with Gasteiger partial charge in [-0.3, -0.25) is 24.3 Å². The van der Waals surface area contributed by atoms with Gasteiger partial charge in [0.1, 0.15) is 5.75 Å². The molecule has 0 bridgehead atoms. The number of rotatable bonds is 10. The van der Waals surface area contributed by atoms with Crippen LogP contribution in [-0.2, 0) is 17.5 Å². The zero-order chi connectivity index (χ0) is 30.4. The average Bonchev–Trinajstić information content (AvgIpc) is 3.37. The molecular formula is C27H23F3N6O5S. The van der Waals surface area contributed by atoms with Crippen molar-refractivity contribution in [2.45, 2.75) is 24.8 Å². The SMILES string of the molecule is COc1ccc(NC(=O)CSc2nnc(CNC(=O)c3cccc([N+](=O)[O-])c3C)n2-c2cccc(C(F)(F)F)c2)cc1. The first kappa shape index (κ1) is 30.0. The smallest absolute Gasteiger partial charge is 0.416 e. The van der Waals surface area contributed by atoms with Crippen LogP contribution in [0.5, 0.6) is 5.75 Å². The van der Waals surface area contributed by atoms with Gasteiger partial charge in [-0.15, -0.1) is 10.2 Å². The molecule has 3 aromatic carbocycles. The number of amides is 2. The number of carbonyl (C=O) groups is 2. The number of alkyl halides is 3. The Bertz CT molecular complexity index is 1630. The summed E-state index contributed by atoms with van der Waals surface area (Å²) in [4.78, 5) is 36.1. The van der Waals surface area contributed by atoms with Crippen molar-refractivity contribution in [3.8, 4) is 11.4 Å². The molecule has 42 heavy (non-hydrogen) atoms. The van der Waals surface area contributed by atoms with Gasteiger partial charge in [-0.1, -0.05) is 23.9 Å². The van der Waals surface area contributed by atoms with Gasteiger partial charge >= 0.3 is 6.18 Å². The minimum Gasteiger partial charge on any atom is -0.497 e. The van der Waals surface area contributed by atoms with E-state index in [1.807, 2.05) is 0 Å². The second-order valence-electron chi connectivity index (χ2n) is 8.74. The molecule has 0 aliphatic heterocycles. The van der Waals surface area contributed by atoms with E-state index in [1.165, 1.54) is 48.9 Å². The van der Waals surface area contributed by atoms with Crippen molar-refractivity contribution in [2.75, 3.05) is 18.2 Å². The van der Waals surface area contributed by atoms with Crippen molar-refractivity contribution < 1.29 is 32.4 Å². The van der Waals surface area contributed by atoms with Crippen LogP contribution in [0.25, 0.3) is 5.69 Å². The second-order valence-corrected chi connectivity index (χ2v) is 9.68. The first-order valence-corrected chi connectivity index (χ1v) is 13.2. The van der Waals surface area contributed by atoms with Crippen molar-refractivity contribution in [1.82, 2.24) is 20.1 Å². The predicted octanol–water partition coefficient (Wildman–Crippen LogP) is 5.17. The van der Waals surface area contributed by atoms with Crippen LogP contribution in [0, 0.1) is 17.0 Å². The number of benzene rings is 3. The Kier molecular flexibility index (Phi) is 9.10. The van der Waals surface area contributed by atoms with Crippen molar-refractivity contribution in [3.63, 3.8) is 0 Å². The number of aromatic nitrogens is 3. The van der Waals surface area contributed by atoms with Gasteiger partial charge < -0.3 is 15.4 Å². The fourth-order valence-electron chi connectivity index (χ4n) is 3.91. The lowest BCUT2D eigenvalue weighted by molar-refractivity contribution is -0.385. The molecule has 0 saturated carbocycles. The quantitative estimate of drug-likeness (QED) is 0.144. The van der Waals surface area contributed by atoms with Crippen LogP contribution in [0.15, 0.2) is 71.9 Å². The van der Waals surface area contributed by atoms with Gasteiger partial charge in [0.25, 0.3) is 11.6 Å². The normalized spacial score (nSPS) is 11.2. The Hall–Kier alpha value is -4.92. The number of nitro benzene ring substituents is 1. The maximum atomic E-state index is 13.5. The maximum absolute atomic E-state index is 13.5. The van der Waals surface area contributed by atoms with Crippen molar-refractivity contribution >= 4 is 35.0 Å². The highest BCUT2D eigenvalue weighted by molar-refractivity contribution is 7.99. The number of nitrogens with zero attached hydrogens (tertiary/aromatic N) is 4. The molecule has 2 amide bonds. The summed E-state index contributed by atoms with van der Waals surface area (Å²) in [5.74, 6) is -0.522. The first-order chi connectivity index (χ1) is 20.0. The van der Waals surface area contributed by atoms with Crippen LogP contribution in [0.1, 0.15) is 27.3 Å². The number of halogens is 3. The van der Waals surface area contributed by atoms with Gasteiger partial charge in [-0.05, 0) is 55.5 Å². The standard InChI is InChI=1S/C27H23F3N6O5S/c1-16-21(7-4-8-22(16)36(39)40)25(38)31-14-23-33-34-26(35(23)19-6-3-5-17(13-19)27(28,29)30)42-15-24(37)32-18-9-11-20(41-2)12-10-18/h3-13H,14-15H2,1-2H3,(H,31,38)(H,32,37). The van der Waals surface area contributed by atoms with E-state index in [2.05, 4.69) is 20.8 Å². The van der Waals surface area contributed by atoms with Crippen molar-refractivity contribution in [2.24, 2.45) is 0 Å². The predicted molar refractivity (Wildman–Crippen MR) is 148 cm³/mol. The van der Waals surface area contributed by atoms with Crippen molar-refractivity contribution in [3.05, 3.63) is 99.4 Å². The van der Waals surface area contributed by atoms with Crippen molar-refractivity contribution in [1.29, 1.82) is 0 Å². The molecule has 0 spiro atoms. The highest BCUT2D eigenvalue weighted by Crippen LogP contribution is 2.32. The van der Waals surface area contributed by atoms with Gasteiger partial charge in [0.05, 0.1) is 35.6 Å². The van der Waals surface area contributed by atoms with E-state index in [0.717, 1.165) is 23.9 Å². The number of anilines is 1. The van der Waals surface area contributed by atoms with E-state index in [0.29, 0.717) is 11.4 Å². The summed E-state index contributed by atoms with van der Waals surface area (Å²) < 4.78 is 46.8. The zero-order valence-electron chi connectivity index (χ0n) is 22.1. The van der Waals surface area contributed by atoms with Crippen LogP contribution in [0.2, 0.25) is 0 Å². The van der Waals surface area contributed by atoms with Crippen LogP contribution in [0.3, 0.4) is 0 Å². The molecule has 11 nitrogen and oxygen atoms in total. The first-order valence-electron chi connectivity index (χ1n) is 12.2. The minimum absolute atomic E-state index is 0.0548. The summed E-state index contributed by atoms with van der Waals surface area (Å²) in [5, 5.41) is 24.7. The fourth-order valence-corrected chi connectivity index (χ4v) is 4.68. The molecule has 218 valence electrons. The molecule has 4 rings (SSSR count). The number of methoxy groups -OCH3 is 1. The summed E-state index contributed by atoms with van der Waals surface area (Å²) >= 11 is 0.933. The third kappa shape index (κ3) is 7.04. The number of thioether (sulfide) groups is 1. The van der Waals surface area contributed by atoms with E-state index < -0.39 is 28.5 Å². The highest BCUT2D eigenvalue weighted by atomic mass is 32.2. The highest BCUT2D eigenvalue weighted by Gasteiger charge is 2.31. The number of carbonyl (C=O) groups excluding carboxylic acids is 2. The Labute approximate surface area is 241 Å². The summed E-state index contributed by atoms with van der Waals surface area (Å²) in [6, 6.07) is 15.1. The number of hydrogen-bond acceptors (Lipinski definition) is 8. The molecule has 4 aromatic rings. The molecule has 0 aliphatic carbocycles. The third-order valence-corrected chi connectivity index (χ3v) is 6.92. The van der Waals surface area contributed by atoms with Crippen LogP contribution >= 0.6 is 11.8 Å². The summed E-state index contributed by atoms with van der Waals surface area (Å²) in [5.41, 5.74) is -0.368. The number of nitrogens with one attached hydrogen (secondary N) is 2. The molecule has 0 aliphatic rings. The molecule has 1 heterocycles. The molecule has 0 radical (unpaired) electrons. The van der Waals surface area contributed by atoms with Crippen LogP contribution in [0.4, 0.5) is 24.5 Å². The van der Waals surface area contributed by atoms with Crippen LogP contribution in [-0.4, -0.2) is 44.4 Å². The van der Waals surface area contributed by atoms with Gasteiger partial charge in [-0.2, -0.15) is 13.2 Å². The van der Waals surface area contributed by atoms with E-state index in [-0.39, 0.29) is 45.8 Å². The largest absolute Gasteiger partial charge is 0.497 e. The number of nitro groups is 1. The zero-order valence-corrected chi connectivity index (χ0v) is 23.0. The molecule has 0 fully saturated rings. The topological polar surface area (TPSA) is 141 Å². The summed E-state index contributed by atoms with van der Waals surface area (Å²) in [7, 11) is 1.51. The van der Waals surface area contributed by atoms with Gasteiger partial charge in [-0.25, -0.2) is 0 Å². The van der Waals surface area contributed by atoms with E-state index in [1.54, 1.807) is 24.3 Å². The Morgan fingerprint density at radius 2 is 1.79 bits per heavy atom. The van der Waals surface area contributed by atoms with E-state index in [9.17, 15) is 32.9 Å².